The van der Waals surface area contributed by atoms with Crippen LogP contribution in [0.25, 0.3) is 0 Å². The Hall–Kier alpha value is -2.78. The first-order valence-electron chi connectivity index (χ1n) is 6.81. The summed E-state index contributed by atoms with van der Waals surface area (Å²) >= 11 is 0. The van der Waals surface area contributed by atoms with E-state index in [-0.39, 0.29) is 5.82 Å². The fourth-order valence-corrected chi connectivity index (χ4v) is 1.39. The van der Waals surface area contributed by atoms with Crippen LogP contribution >= 0.6 is 0 Å². The molecule has 1 rings (SSSR count). The SMILES string of the molecule is CC.O=C(O)CC(NC(=O)CNC(=O)c1ncc[nH]1)C(=O)CF. The third kappa shape index (κ3) is 7.69. The van der Waals surface area contributed by atoms with Gasteiger partial charge in [0.1, 0.15) is 12.7 Å². The molecule has 9 nitrogen and oxygen atoms in total. The van der Waals surface area contributed by atoms with E-state index in [0.29, 0.717) is 0 Å². The molecule has 0 aliphatic rings. The molecule has 0 aliphatic heterocycles. The Balaban J connectivity index is 0.00000232. The Bertz CT molecular complexity index is 532. The number of Topliss-reactive ketones (excluding diaryl/α,β-unsaturated/α-hetero) is 1. The van der Waals surface area contributed by atoms with E-state index < -0.39 is 49.2 Å². The number of hydrogen-bond acceptors (Lipinski definition) is 5. The predicted molar refractivity (Wildman–Crippen MR) is 77.4 cm³/mol. The molecule has 1 atom stereocenters. The van der Waals surface area contributed by atoms with Crippen LogP contribution < -0.4 is 10.6 Å². The summed E-state index contributed by atoms with van der Waals surface area (Å²) in [5, 5.41) is 12.8. The minimum absolute atomic E-state index is 0.00952. The van der Waals surface area contributed by atoms with Crippen molar-refractivity contribution >= 4 is 23.6 Å². The maximum Gasteiger partial charge on any atom is 0.305 e. The van der Waals surface area contributed by atoms with E-state index in [2.05, 4.69) is 15.3 Å². The number of carbonyl (C=O) groups excluding carboxylic acids is 3. The van der Waals surface area contributed by atoms with Gasteiger partial charge >= 0.3 is 5.97 Å². The zero-order chi connectivity index (χ0) is 17.8. The third-order valence-corrected chi connectivity index (χ3v) is 2.36. The first-order chi connectivity index (χ1) is 10.9. The van der Waals surface area contributed by atoms with Crippen LogP contribution in [-0.4, -0.2) is 57.9 Å². The highest BCUT2D eigenvalue weighted by Gasteiger charge is 2.23. The molecule has 0 spiro atoms. The molecule has 23 heavy (non-hydrogen) atoms. The topological polar surface area (TPSA) is 141 Å². The molecule has 0 aromatic carbocycles. The van der Waals surface area contributed by atoms with E-state index in [1.54, 1.807) is 0 Å². The summed E-state index contributed by atoms with van der Waals surface area (Å²) in [5.74, 6) is -3.89. The molecule has 0 aliphatic carbocycles. The molecule has 4 N–H and O–H groups in total. The van der Waals surface area contributed by atoms with Crippen molar-refractivity contribution in [3.63, 3.8) is 0 Å². The van der Waals surface area contributed by atoms with Crippen molar-refractivity contribution in [3.05, 3.63) is 18.2 Å². The number of amides is 2. The molecule has 1 aromatic rings. The van der Waals surface area contributed by atoms with E-state index in [0.717, 1.165) is 0 Å². The molecule has 2 amide bonds. The zero-order valence-corrected chi connectivity index (χ0v) is 12.8. The first-order valence-corrected chi connectivity index (χ1v) is 6.81. The van der Waals surface area contributed by atoms with E-state index in [9.17, 15) is 23.6 Å². The zero-order valence-electron chi connectivity index (χ0n) is 12.8. The second-order valence-electron chi connectivity index (χ2n) is 3.94. The largest absolute Gasteiger partial charge is 0.481 e. The third-order valence-electron chi connectivity index (χ3n) is 2.36. The average Bonchev–Trinajstić information content (AvgIpc) is 3.07. The van der Waals surface area contributed by atoms with Crippen LogP contribution in [0.4, 0.5) is 4.39 Å². The highest BCUT2D eigenvalue weighted by Crippen LogP contribution is 1.96. The lowest BCUT2D eigenvalue weighted by molar-refractivity contribution is -0.140. The molecule has 10 heteroatoms. The lowest BCUT2D eigenvalue weighted by Gasteiger charge is -2.14. The molecular formula is C13H19FN4O5. The number of nitrogens with zero attached hydrogens (tertiary/aromatic N) is 1. The Kier molecular flexibility index (Phi) is 9.56. The van der Waals surface area contributed by atoms with E-state index >= 15 is 0 Å². The highest BCUT2D eigenvalue weighted by molar-refractivity contribution is 5.96. The van der Waals surface area contributed by atoms with Gasteiger partial charge in [0.25, 0.3) is 5.91 Å². The Labute approximate surface area is 131 Å². The molecule has 128 valence electrons. The van der Waals surface area contributed by atoms with Crippen molar-refractivity contribution in [2.75, 3.05) is 13.2 Å². The monoisotopic (exact) mass is 330 g/mol. The van der Waals surface area contributed by atoms with Gasteiger partial charge in [-0.1, -0.05) is 13.8 Å². The summed E-state index contributed by atoms with van der Waals surface area (Å²) in [6.45, 7) is 2.10. The minimum Gasteiger partial charge on any atom is -0.481 e. The van der Waals surface area contributed by atoms with Gasteiger partial charge in [0, 0.05) is 12.4 Å². The number of rotatable bonds is 8. The summed E-state index contributed by atoms with van der Waals surface area (Å²) in [4.78, 5) is 50.8. The molecular weight excluding hydrogens is 311 g/mol. The molecule has 1 heterocycles. The normalized spacial score (nSPS) is 10.7. The number of nitrogens with one attached hydrogen (secondary N) is 3. The predicted octanol–water partition coefficient (Wildman–Crippen LogP) is -0.336. The Morgan fingerprint density at radius 3 is 2.48 bits per heavy atom. The fourth-order valence-electron chi connectivity index (χ4n) is 1.39. The molecule has 0 radical (unpaired) electrons. The molecule has 1 unspecified atom stereocenters. The molecule has 0 fully saturated rings. The number of aromatic nitrogens is 2. The lowest BCUT2D eigenvalue weighted by Crippen LogP contribution is -2.47. The number of ketones is 1. The molecule has 0 bridgehead atoms. The highest BCUT2D eigenvalue weighted by atomic mass is 19.1. The van der Waals surface area contributed by atoms with Gasteiger partial charge in [-0.15, -0.1) is 0 Å². The summed E-state index contributed by atoms with van der Waals surface area (Å²) in [7, 11) is 0. The number of aromatic amines is 1. The van der Waals surface area contributed by atoms with Crippen LogP contribution in [0.3, 0.4) is 0 Å². The van der Waals surface area contributed by atoms with Gasteiger partial charge in [0.15, 0.2) is 11.6 Å². The second-order valence-corrected chi connectivity index (χ2v) is 3.94. The standard InChI is InChI=1S/C11H13FN4O5.C2H6/c12-4-7(17)6(3-9(19)20)16-8(18)5-15-11(21)10-13-1-2-14-10;1-2/h1-2,6H,3-5H2,(H,13,14)(H,15,21)(H,16,18)(H,19,20);1-2H3. The number of carbonyl (C=O) groups is 4. The van der Waals surface area contributed by atoms with Crippen molar-refractivity contribution in [1.82, 2.24) is 20.6 Å². The van der Waals surface area contributed by atoms with Gasteiger partial charge in [-0.2, -0.15) is 0 Å². The smallest absolute Gasteiger partial charge is 0.305 e. The van der Waals surface area contributed by atoms with Gasteiger partial charge in [0.05, 0.1) is 13.0 Å². The van der Waals surface area contributed by atoms with Crippen molar-refractivity contribution in [2.24, 2.45) is 0 Å². The number of H-pyrrole nitrogens is 1. The number of halogens is 1. The van der Waals surface area contributed by atoms with E-state index in [4.69, 9.17) is 5.11 Å². The van der Waals surface area contributed by atoms with Gasteiger partial charge in [-0.05, 0) is 0 Å². The average molecular weight is 330 g/mol. The minimum atomic E-state index is -1.47. The van der Waals surface area contributed by atoms with Crippen molar-refractivity contribution < 1.29 is 28.7 Å². The van der Waals surface area contributed by atoms with Gasteiger partial charge in [-0.3, -0.25) is 19.2 Å². The summed E-state index contributed by atoms with van der Waals surface area (Å²) in [6.07, 6.45) is 2.02. The van der Waals surface area contributed by atoms with Crippen molar-refractivity contribution in [3.8, 4) is 0 Å². The molecule has 0 saturated heterocycles. The number of carboxylic acids is 1. The molecule has 0 saturated carbocycles. The number of hydrogen-bond donors (Lipinski definition) is 4. The van der Waals surface area contributed by atoms with E-state index in [1.807, 2.05) is 19.2 Å². The Morgan fingerprint density at radius 2 is 2.00 bits per heavy atom. The maximum absolute atomic E-state index is 12.3. The first kappa shape index (κ1) is 20.2. The number of carboxylic acid groups (broad SMARTS) is 1. The molecule has 1 aromatic heterocycles. The fraction of sp³-hybridized carbons (Fsp3) is 0.462. The summed E-state index contributed by atoms with van der Waals surface area (Å²) in [6, 6.07) is -1.47. The maximum atomic E-state index is 12.3. The summed E-state index contributed by atoms with van der Waals surface area (Å²) in [5.41, 5.74) is 0. The van der Waals surface area contributed by atoms with Crippen LogP contribution in [0, 0.1) is 0 Å². The van der Waals surface area contributed by atoms with Gasteiger partial charge in [0.2, 0.25) is 5.91 Å². The number of alkyl halides is 1. The van der Waals surface area contributed by atoms with Crippen LogP contribution in [0.15, 0.2) is 12.4 Å². The summed E-state index contributed by atoms with van der Waals surface area (Å²) < 4.78 is 12.3. The quantitative estimate of drug-likeness (QED) is 0.514. The Morgan fingerprint density at radius 1 is 1.35 bits per heavy atom. The van der Waals surface area contributed by atoms with Crippen LogP contribution in [-0.2, 0) is 14.4 Å². The van der Waals surface area contributed by atoms with Crippen LogP contribution in [0.5, 0.6) is 0 Å². The van der Waals surface area contributed by atoms with Crippen molar-refractivity contribution in [1.29, 1.82) is 0 Å². The van der Waals surface area contributed by atoms with Crippen molar-refractivity contribution in [2.45, 2.75) is 26.3 Å². The number of aliphatic carboxylic acids is 1. The van der Waals surface area contributed by atoms with Crippen LogP contribution in [0.1, 0.15) is 30.9 Å². The van der Waals surface area contributed by atoms with Crippen LogP contribution in [0.2, 0.25) is 0 Å². The second kappa shape index (κ2) is 10.9. The van der Waals surface area contributed by atoms with Gasteiger partial charge < -0.3 is 20.7 Å². The lowest BCUT2D eigenvalue weighted by atomic mass is 10.1. The van der Waals surface area contributed by atoms with Gasteiger partial charge in [-0.25, -0.2) is 9.37 Å². The van der Waals surface area contributed by atoms with E-state index in [1.165, 1.54) is 12.4 Å². The number of imidazole rings is 1.